The SMILES string of the molecule is C[C@@H](C(=O)NC1CCCCC1)N(Cc1ccccc1)C(=O)CN(c1cccc([N+](=O)[O-])c1)S(=O)(=O)c1ccccc1. The Morgan fingerprint density at radius 2 is 1.59 bits per heavy atom. The van der Waals surface area contributed by atoms with E-state index < -0.39 is 33.4 Å². The van der Waals surface area contributed by atoms with Crippen molar-refractivity contribution in [2.45, 2.75) is 62.6 Å². The maximum atomic E-state index is 14.0. The summed E-state index contributed by atoms with van der Waals surface area (Å²) < 4.78 is 28.5. The lowest BCUT2D eigenvalue weighted by Gasteiger charge is -2.33. The van der Waals surface area contributed by atoms with Crippen LogP contribution in [0, 0.1) is 10.1 Å². The number of sulfonamides is 1. The van der Waals surface area contributed by atoms with Crippen molar-refractivity contribution in [2.24, 2.45) is 0 Å². The van der Waals surface area contributed by atoms with Gasteiger partial charge in [-0.05, 0) is 43.5 Å². The molecule has 1 N–H and O–H groups in total. The minimum Gasteiger partial charge on any atom is -0.352 e. The van der Waals surface area contributed by atoms with E-state index in [1.165, 1.54) is 35.2 Å². The van der Waals surface area contributed by atoms with Crippen LogP contribution in [0.25, 0.3) is 0 Å². The Labute approximate surface area is 240 Å². The minimum absolute atomic E-state index is 0.0321. The fourth-order valence-corrected chi connectivity index (χ4v) is 6.37. The Morgan fingerprint density at radius 1 is 0.951 bits per heavy atom. The predicted octanol–water partition coefficient (Wildman–Crippen LogP) is 4.66. The van der Waals surface area contributed by atoms with Crippen molar-refractivity contribution in [1.29, 1.82) is 0 Å². The van der Waals surface area contributed by atoms with Crippen molar-refractivity contribution in [3.05, 3.63) is 101 Å². The van der Waals surface area contributed by atoms with Gasteiger partial charge in [0.25, 0.3) is 15.7 Å². The molecule has 0 aromatic heterocycles. The molecule has 10 nitrogen and oxygen atoms in total. The van der Waals surface area contributed by atoms with E-state index in [0.717, 1.165) is 48.0 Å². The molecule has 4 rings (SSSR count). The van der Waals surface area contributed by atoms with Gasteiger partial charge >= 0.3 is 0 Å². The third-order valence-corrected chi connectivity index (χ3v) is 9.04. The topological polar surface area (TPSA) is 130 Å². The molecular weight excluding hydrogens is 544 g/mol. The van der Waals surface area contributed by atoms with Crippen LogP contribution in [0.5, 0.6) is 0 Å². The fourth-order valence-electron chi connectivity index (χ4n) is 4.94. The van der Waals surface area contributed by atoms with Gasteiger partial charge in [-0.15, -0.1) is 0 Å². The van der Waals surface area contributed by atoms with Crippen LogP contribution in [0.15, 0.2) is 89.8 Å². The normalized spacial score (nSPS) is 14.6. The molecule has 216 valence electrons. The highest BCUT2D eigenvalue weighted by Gasteiger charge is 2.33. The third kappa shape index (κ3) is 7.49. The number of carbonyl (C=O) groups is 2. The van der Waals surface area contributed by atoms with Crippen LogP contribution in [0.4, 0.5) is 11.4 Å². The zero-order valence-electron chi connectivity index (χ0n) is 22.9. The van der Waals surface area contributed by atoms with Gasteiger partial charge in [-0.1, -0.05) is 73.9 Å². The summed E-state index contributed by atoms with van der Waals surface area (Å²) in [6.45, 7) is 1.04. The Balaban J connectivity index is 1.68. The van der Waals surface area contributed by atoms with Crippen LogP contribution >= 0.6 is 0 Å². The van der Waals surface area contributed by atoms with Gasteiger partial charge in [0.2, 0.25) is 11.8 Å². The summed E-state index contributed by atoms with van der Waals surface area (Å²) in [5.41, 5.74) is 0.422. The maximum absolute atomic E-state index is 14.0. The summed E-state index contributed by atoms with van der Waals surface area (Å²) in [6.07, 6.45) is 4.94. The Hall–Kier alpha value is -4.25. The largest absolute Gasteiger partial charge is 0.352 e. The number of nitrogens with one attached hydrogen (secondary N) is 1. The molecule has 3 aromatic carbocycles. The van der Waals surface area contributed by atoms with Crippen LogP contribution in [0.1, 0.15) is 44.6 Å². The third-order valence-electron chi connectivity index (χ3n) is 7.25. The lowest BCUT2D eigenvalue weighted by atomic mass is 9.95. The monoisotopic (exact) mass is 578 g/mol. The van der Waals surface area contributed by atoms with Gasteiger partial charge in [0.05, 0.1) is 15.5 Å². The number of non-ortho nitro benzene ring substituents is 1. The molecule has 0 heterocycles. The van der Waals surface area contributed by atoms with E-state index in [0.29, 0.717) is 0 Å². The number of nitrogens with zero attached hydrogens (tertiary/aromatic N) is 3. The van der Waals surface area contributed by atoms with Crippen LogP contribution in [0.2, 0.25) is 0 Å². The molecule has 0 saturated heterocycles. The lowest BCUT2D eigenvalue weighted by Crippen LogP contribution is -2.53. The summed E-state index contributed by atoms with van der Waals surface area (Å²) in [7, 11) is -4.30. The second kappa shape index (κ2) is 13.4. The van der Waals surface area contributed by atoms with Crippen LogP contribution in [-0.2, 0) is 26.2 Å². The molecule has 11 heteroatoms. The number of nitro benzene ring substituents is 1. The van der Waals surface area contributed by atoms with E-state index in [4.69, 9.17) is 0 Å². The van der Waals surface area contributed by atoms with Crippen molar-refractivity contribution >= 4 is 33.2 Å². The Morgan fingerprint density at radius 3 is 2.22 bits per heavy atom. The van der Waals surface area contributed by atoms with Crippen molar-refractivity contribution in [2.75, 3.05) is 10.8 Å². The second-order valence-electron chi connectivity index (χ2n) is 10.1. The van der Waals surface area contributed by atoms with E-state index in [1.807, 2.05) is 30.3 Å². The molecule has 0 bridgehead atoms. The average Bonchev–Trinajstić information content (AvgIpc) is 2.99. The van der Waals surface area contributed by atoms with E-state index in [9.17, 15) is 28.1 Å². The van der Waals surface area contributed by atoms with Gasteiger partial charge in [0.1, 0.15) is 12.6 Å². The first-order valence-electron chi connectivity index (χ1n) is 13.6. The van der Waals surface area contributed by atoms with E-state index in [2.05, 4.69) is 5.32 Å². The molecule has 1 aliphatic rings. The highest BCUT2D eigenvalue weighted by Crippen LogP contribution is 2.27. The Kier molecular flexibility index (Phi) is 9.72. The molecule has 1 fully saturated rings. The van der Waals surface area contributed by atoms with Gasteiger partial charge in [0, 0.05) is 24.7 Å². The molecule has 2 amide bonds. The number of hydrogen-bond donors (Lipinski definition) is 1. The predicted molar refractivity (Wildman–Crippen MR) is 156 cm³/mol. The van der Waals surface area contributed by atoms with Gasteiger partial charge in [-0.3, -0.25) is 24.0 Å². The molecule has 41 heavy (non-hydrogen) atoms. The van der Waals surface area contributed by atoms with Crippen LogP contribution in [-0.4, -0.2) is 48.7 Å². The molecular formula is C30H34N4O6S. The number of benzene rings is 3. The summed E-state index contributed by atoms with van der Waals surface area (Å²) >= 11 is 0. The number of hydrogen-bond acceptors (Lipinski definition) is 6. The maximum Gasteiger partial charge on any atom is 0.271 e. The van der Waals surface area contributed by atoms with Crippen LogP contribution < -0.4 is 9.62 Å². The summed E-state index contributed by atoms with van der Waals surface area (Å²) in [5, 5.41) is 14.5. The van der Waals surface area contributed by atoms with E-state index in [-0.39, 0.29) is 34.8 Å². The van der Waals surface area contributed by atoms with Crippen molar-refractivity contribution in [1.82, 2.24) is 10.2 Å². The highest BCUT2D eigenvalue weighted by atomic mass is 32.2. The molecule has 0 unspecified atom stereocenters. The summed E-state index contributed by atoms with van der Waals surface area (Å²) in [6, 6.07) is 21.0. The molecule has 0 radical (unpaired) electrons. The number of carbonyl (C=O) groups excluding carboxylic acids is 2. The number of amides is 2. The van der Waals surface area contributed by atoms with Gasteiger partial charge in [-0.25, -0.2) is 8.42 Å². The van der Waals surface area contributed by atoms with Gasteiger partial charge in [-0.2, -0.15) is 0 Å². The number of nitro groups is 1. The number of rotatable bonds is 11. The van der Waals surface area contributed by atoms with Crippen molar-refractivity contribution in [3.8, 4) is 0 Å². The fraction of sp³-hybridized carbons (Fsp3) is 0.333. The molecule has 3 aromatic rings. The van der Waals surface area contributed by atoms with Crippen molar-refractivity contribution < 1.29 is 22.9 Å². The standard InChI is InChI=1S/C30H34N4O6S/c1-23(30(36)31-25-14-7-3-8-15-25)32(21-24-12-5-2-6-13-24)29(35)22-33(26-16-11-17-27(20-26)34(37)38)41(39,40)28-18-9-4-10-19-28/h2,4-6,9-13,16-20,23,25H,3,7-8,14-15,21-22H2,1H3,(H,31,36)/t23-/m0/s1. The smallest absolute Gasteiger partial charge is 0.271 e. The quantitative estimate of drug-likeness (QED) is 0.260. The van der Waals surface area contributed by atoms with Crippen LogP contribution in [0.3, 0.4) is 0 Å². The van der Waals surface area contributed by atoms with E-state index in [1.54, 1.807) is 25.1 Å². The van der Waals surface area contributed by atoms with Gasteiger partial charge < -0.3 is 10.2 Å². The lowest BCUT2D eigenvalue weighted by molar-refractivity contribution is -0.384. The second-order valence-corrected chi connectivity index (χ2v) is 12.0. The minimum atomic E-state index is -4.30. The van der Waals surface area contributed by atoms with Gasteiger partial charge in [0.15, 0.2) is 0 Å². The molecule has 1 atom stereocenters. The first kappa shape index (κ1) is 29.7. The average molecular weight is 579 g/mol. The molecule has 0 aliphatic heterocycles. The summed E-state index contributed by atoms with van der Waals surface area (Å²) in [5.74, 6) is -0.930. The Bertz CT molecular complexity index is 1460. The first-order chi connectivity index (χ1) is 19.7. The first-order valence-corrected chi connectivity index (χ1v) is 15.1. The molecule has 1 saturated carbocycles. The molecule has 1 aliphatic carbocycles. The summed E-state index contributed by atoms with van der Waals surface area (Å²) in [4.78, 5) is 39.4. The zero-order chi connectivity index (χ0) is 29.4. The number of anilines is 1. The van der Waals surface area contributed by atoms with Crippen molar-refractivity contribution in [3.63, 3.8) is 0 Å². The molecule has 0 spiro atoms. The zero-order valence-corrected chi connectivity index (χ0v) is 23.7. The van der Waals surface area contributed by atoms with E-state index >= 15 is 0 Å². The highest BCUT2D eigenvalue weighted by molar-refractivity contribution is 7.92.